The SMILES string of the molecule is COCCOCCOCCOCCOCCOCCOCCOCCCCCC(=O)NC(C)(C)C. The number of unbranched alkanes of at least 4 members (excludes halogenated alkanes) is 2. The molecule has 10 heteroatoms. The fourth-order valence-electron chi connectivity index (χ4n) is 2.71. The van der Waals surface area contributed by atoms with Crippen LogP contribution in [0.4, 0.5) is 0 Å². The fourth-order valence-corrected chi connectivity index (χ4v) is 2.71. The molecule has 0 aromatic rings. The number of ether oxygens (including phenoxy) is 8. The van der Waals surface area contributed by atoms with Crippen molar-refractivity contribution in [2.45, 2.75) is 52.0 Å². The lowest BCUT2D eigenvalue weighted by Crippen LogP contribution is -2.40. The van der Waals surface area contributed by atoms with Crippen molar-refractivity contribution in [3.8, 4) is 0 Å². The zero-order chi connectivity index (χ0) is 25.9. The van der Waals surface area contributed by atoms with E-state index in [2.05, 4.69) is 5.32 Å². The average molecular weight is 510 g/mol. The highest BCUT2D eigenvalue weighted by Crippen LogP contribution is 2.04. The number of methoxy groups -OCH3 is 1. The standard InChI is InChI=1S/C25H51NO9/c1-25(2,3)26-24(27)8-6-5-7-9-29-12-13-31-16-17-33-20-21-35-23-22-34-19-18-32-15-14-30-11-10-28-4/h5-23H2,1-4H3,(H,26,27). The highest BCUT2D eigenvalue weighted by molar-refractivity contribution is 5.76. The van der Waals surface area contributed by atoms with Crippen LogP contribution in [0.25, 0.3) is 0 Å². The van der Waals surface area contributed by atoms with E-state index in [0.29, 0.717) is 106 Å². The van der Waals surface area contributed by atoms with Crippen LogP contribution in [0.5, 0.6) is 0 Å². The van der Waals surface area contributed by atoms with Crippen molar-refractivity contribution in [2.24, 2.45) is 0 Å². The maximum Gasteiger partial charge on any atom is 0.220 e. The lowest BCUT2D eigenvalue weighted by Gasteiger charge is -2.20. The predicted octanol–water partition coefficient (Wildman–Crippen LogP) is 2.22. The van der Waals surface area contributed by atoms with Crippen molar-refractivity contribution in [1.82, 2.24) is 5.32 Å². The second kappa shape index (κ2) is 26.2. The van der Waals surface area contributed by atoms with Crippen LogP contribution in [0.1, 0.15) is 46.5 Å². The summed E-state index contributed by atoms with van der Waals surface area (Å²) in [5, 5.41) is 2.97. The topological polar surface area (TPSA) is 103 Å². The van der Waals surface area contributed by atoms with Crippen LogP contribution in [0.3, 0.4) is 0 Å². The Morgan fingerprint density at radius 1 is 0.514 bits per heavy atom. The molecule has 10 nitrogen and oxygen atoms in total. The Morgan fingerprint density at radius 2 is 0.857 bits per heavy atom. The minimum atomic E-state index is -0.161. The van der Waals surface area contributed by atoms with Gasteiger partial charge in [-0.1, -0.05) is 6.42 Å². The molecule has 0 rings (SSSR count). The van der Waals surface area contributed by atoms with E-state index in [-0.39, 0.29) is 11.4 Å². The maximum atomic E-state index is 11.7. The van der Waals surface area contributed by atoms with E-state index >= 15 is 0 Å². The first-order chi connectivity index (χ1) is 17.0. The Morgan fingerprint density at radius 3 is 1.20 bits per heavy atom. The highest BCUT2D eigenvalue weighted by atomic mass is 16.6. The van der Waals surface area contributed by atoms with Crippen LogP contribution in [0.15, 0.2) is 0 Å². The van der Waals surface area contributed by atoms with Gasteiger partial charge < -0.3 is 43.2 Å². The van der Waals surface area contributed by atoms with Gasteiger partial charge in [-0.25, -0.2) is 0 Å². The minimum absolute atomic E-state index is 0.114. The van der Waals surface area contributed by atoms with Crippen LogP contribution in [0, 0.1) is 0 Å². The molecule has 0 bridgehead atoms. The van der Waals surface area contributed by atoms with Gasteiger partial charge in [0.05, 0.1) is 92.5 Å². The molecule has 1 N–H and O–H groups in total. The largest absolute Gasteiger partial charge is 0.382 e. The van der Waals surface area contributed by atoms with Crippen molar-refractivity contribution in [3.05, 3.63) is 0 Å². The first kappa shape index (κ1) is 34.1. The number of hydrogen-bond acceptors (Lipinski definition) is 9. The summed E-state index contributed by atoms with van der Waals surface area (Å²) in [6, 6.07) is 0. The van der Waals surface area contributed by atoms with Gasteiger partial charge in [0.1, 0.15) is 0 Å². The molecule has 35 heavy (non-hydrogen) atoms. The summed E-state index contributed by atoms with van der Waals surface area (Å²) >= 11 is 0. The summed E-state index contributed by atoms with van der Waals surface area (Å²) in [5.41, 5.74) is -0.161. The zero-order valence-electron chi connectivity index (χ0n) is 22.6. The molecule has 210 valence electrons. The van der Waals surface area contributed by atoms with Gasteiger partial charge >= 0.3 is 0 Å². The Bertz CT molecular complexity index is 447. The molecular weight excluding hydrogens is 458 g/mol. The fraction of sp³-hybridized carbons (Fsp3) is 0.960. The summed E-state index contributed by atoms with van der Waals surface area (Å²) in [6.45, 7) is 14.3. The third-order valence-electron chi connectivity index (χ3n) is 4.37. The molecule has 0 heterocycles. The summed E-state index contributed by atoms with van der Waals surface area (Å²) in [6.07, 6.45) is 3.40. The lowest BCUT2D eigenvalue weighted by molar-refractivity contribution is -0.122. The molecule has 0 radical (unpaired) electrons. The van der Waals surface area contributed by atoms with Crippen LogP contribution >= 0.6 is 0 Å². The Kier molecular flexibility index (Phi) is 25.6. The van der Waals surface area contributed by atoms with E-state index in [1.807, 2.05) is 20.8 Å². The Labute approximate surface area is 212 Å². The third-order valence-corrected chi connectivity index (χ3v) is 4.37. The summed E-state index contributed by atoms with van der Waals surface area (Å²) in [7, 11) is 1.65. The van der Waals surface area contributed by atoms with Crippen molar-refractivity contribution >= 4 is 5.91 Å². The van der Waals surface area contributed by atoms with E-state index in [9.17, 15) is 4.79 Å². The molecule has 0 aromatic heterocycles. The second-order valence-electron chi connectivity index (χ2n) is 8.89. The Hall–Kier alpha value is -0.850. The first-order valence-corrected chi connectivity index (χ1v) is 12.8. The van der Waals surface area contributed by atoms with Crippen LogP contribution in [-0.2, 0) is 42.7 Å². The van der Waals surface area contributed by atoms with Crippen LogP contribution < -0.4 is 5.32 Å². The number of amides is 1. The van der Waals surface area contributed by atoms with Crippen molar-refractivity contribution in [1.29, 1.82) is 0 Å². The predicted molar refractivity (Wildman–Crippen MR) is 134 cm³/mol. The molecule has 0 fully saturated rings. The summed E-state index contributed by atoms with van der Waals surface area (Å²) < 4.78 is 42.9. The minimum Gasteiger partial charge on any atom is -0.382 e. The molecule has 1 amide bonds. The van der Waals surface area contributed by atoms with E-state index in [1.54, 1.807) is 7.11 Å². The van der Waals surface area contributed by atoms with E-state index in [4.69, 9.17) is 37.9 Å². The molecule has 0 spiro atoms. The van der Waals surface area contributed by atoms with E-state index < -0.39 is 0 Å². The number of carbonyl (C=O) groups is 1. The van der Waals surface area contributed by atoms with Gasteiger partial charge in [0, 0.05) is 25.7 Å². The van der Waals surface area contributed by atoms with Gasteiger partial charge in [0.2, 0.25) is 5.91 Å². The lowest BCUT2D eigenvalue weighted by atomic mass is 10.1. The third kappa shape index (κ3) is 31.1. The molecule has 0 saturated carbocycles. The van der Waals surface area contributed by atoms with Gasteiger partial charge in [-0.05, 0) is 33.6 Å². The number of carbonyl (C=O) groups excluding carboxylic acids is 1. The smallest absolute Gasteiger partial charge is 0.220 e. The molecular formula is C25H51NO9. The molecule has 0 aliphatic rings. The molecule has 0 unspecified atom stereocenters. The molecule has 0 aliphatic heterocycles. The molecule has 0 saturated heterocycles. The summed E-state index contributed by atoms with van der Waals surface area (Å²) in [5.74, 6) is 0.114. The van der Waals surface area contributed by atoms with Gasteiger partial charge in [0.15, 0.2) is 0 Å². The number of hydrogen-bond donors (Lipinski definition) is 1. The van der Waals surface area contributed by atoms with E-state index in [1.165, 1.54) is 0 Å². The second-order valence-corrected chi connectivity index (χ2v) is 8.89. The van der Waals surface area contributed by atoms with Gasteiger partial charge in [0.25, 0.3) is 0 Å². The van der Waals surface area contributed by atoms with Crippen molar-refractivity contribution < 1.29 is 42.7 Å². The monoisotopic (exact) mass is 509 g/mol. The average Bonchev–Trinajstić information content (AvgIpc) is 2.80. The van der Waals surface area contributed by atoms with Crippen LogP contribution in [-0.4, -0.2) is 118 Å². The number of nitrogens with one attached hydrogen (secondary N) is 1. The zero-order valence-corrected chi connectivity index (χ0v) is 22.6. The quantitative estimate of drug-likeness (QED) is 0.167. The first-order valence-electron chi connectivity index (χ1n) is 12.8. The Balaban J connectivity index is 3.09. The molecule has 0 atom stereocenters. The van der Waals surface area contributed by atoms with Gasteiger partial charge in [-0.15, -0.1) is 0 Å². The van der Waals surface area contributed by atoms with Crippen molar-refractivity contribution in [3.63, 3.8) is 0 Å². The summed E-state index contributed by atoms with van der Waals surface area (Å²) in [4.78, 5) is 11.7. The maximum absolute atomic E-state index is 11.7. The van der Waals surface area contributed by atoms with Gasteiger partial charge in [-0.3, -0.25) is 4.79 Å². The molecule has 0 aromatic carbocycles. The van der Waals surface area contributed by atoms with Gasteiger partial charge in [-0.2, -0.15) is 0 Å². The van der Waals surface area contributed by atoms with Crippen LogP contribution in [0.2, 0.25) is 0 Å². The van der Waals surface area contributed by atoms with E-state index in [0.717, 1.165) is 19.3 Å². The normalized spacial score (nSPS) is 11.8. The highest BCUT2D eigenvalue weighted by Gasteiger charge is 2.12. The molecule has 0 aliphatic carbocycles. The number of rotatable bonds is 27. The van der Waals surface area contributed by atoms with Crippen molar-refractivity contribution in [2.75, 3.05) is 106 Å².